The molecule has 0 atom stereocenters. The Morgan fingerprint density at radius 2 is 1.91 bits per heavy atom. The third kappa shape index (κ3) is 6.55. The third-order valence-electron chi connectivity index (χ3n) is 3.19. The topological polar surface area (TPSA) is 38.3 Å². The van der Waals surface area contributed by atoms with E-state index in [1.165, 1.54) is 0 Å². The molecule has 5 heteroatoms. The van der Waals surface area contributed by atoms with Crippen LogP contribution in [0.4, 0.5) is 0 Å². The first-order chi connectivity index (χ1) is 11.1. The molecule has 1 N–H and O–H groups in total. The van der Waals surface area contributed by atoms with E-state index < -0.39 is 0 Å². The molecule has 0 radical (unpaired) electrons. The van der Waals surface area contributed by atoms with Crippen molar-refractivity contribution in [2.45, 2.75) is 12.7 Å². The number of carbonyl (C=O) groups is 1. The van der Waals surface area contributed by atoms with Gasteiger partial charge < -0.3 is 10.1 Å². The van der Waals surface area contributed by atoms with Gasteiger partial charge in [-0.1, -0.05) is 41.9 Å². The molecule has 1 amide bonds. The van der Waals surface area contributed by atoms with Crippen LogP contribution in [-0.2, 0) is 10.5 Å². The van der Waals surface area contributed by atoms with Crippen LogP contribution < -0.4 is 10.1 Å². The van der Waals surface area contributed by atoms with Crippen LogP contribution in [0, 0.1) is 6.92 Å². The van der Waals surface area contributed by atoms with E-state index in [1.807, 2.05) is 55.5 Å². The van der Waals surface area contributed by atoms with Crippen molar-refractivity contribution in [1.82, 2.24) is 5.32 Å². The number of aryl methyl sites for hydroxylation is 1. The first-order valence-electron chi connectivity index (χ1n) is 7.42. The van der Waals surface area contributed by atoms with Gasteiger partial charge in [-0.25, -0.2) is 0 Å². The Kier molecular flexibility index (Phi) is 7.30. The molecule has 23 heavy (non-hydrogen) atoms. The van der Waals surface area contributed by atoms with E-state index in [0.29, 0.717) is 18.9 Å². The van der Waals surface area contributed by atoms with Crippen LogP contribution in [0.1, 0.15) is 11.1 Å². The molecular formula is C18H20ClNO2S. The average molecular weight is 350 g/mol. The number of para-hydroxylation sites is 1. The molecule has 0 aliphatic rings. The van der Waals surface area contributed by atoms with Crippen LogP contribution >= 0.6 is 23.4 Å². The Hall–Kier alpha value is -1.65. The van der Waals surface area contributed by atoms with Gasteiger partial charge in [-0.2, -0.15) is 0 Å². The summed E-state index contributed by atoms with van der Waals surface area (Å²) in [5.74, 6) is 2.12. The normalized spacial score (nSPS) is 10.3. The molecule has 0 aromatic heterocycles. The molecule has 0 bridgehead atoms. The zero-order valence-corrected chi connectivity index (χ0v) is 14.6. The highest BCUT2D eigenvalue weighted by molar-refractivity contribution is 7.99. The molecule has 0 spiro atoms. The van der Waals surface area contributed by atoms with Gasteiger partial charge in [-0.3, -0.25) is 4.79 Å². The lowest BCUT2D eigenvalue weighted by Gasteiger charge is -2.09. The van der Waals surface area contributed by atoms with Crippen molar-refractivity contribution in [1.29, 1.82) is 0 Å². The number of rotatable bonds is 8. The average Bonchev–Trinajstić information content (AvgIpc) is 2.55. The monoisotopic (exact) mass is 349 g/mol. The Morgan fingerprint density at radius 1 is 1.17 bits per heavy atom. The summed E-state index contributed by atoms with van der Waals surface area (Å²) in [5.41, 5.74) is 2.26. The van der Waals surface area contributed by atoms with Crippen LogP contribution in [0.2, 0.25) is 5.02 Å². The van der Waals surface area contributed by atoms with Gasteiger partial charge in [0.1, 0.15) is 12.4 Å². The Labute approximate surface area is 146 Å². The SMILES string of the molecule is Cc1ccccc1OCCNC(=O)CSCc1ccc(Cl)cc1. The second-order valence-electron chi connectivity index (χ2n) is 5.08. The molecule has 0 unspecified atom stereocenters. The summed E-state index contributed by atoms with van der Waals surface area (Å²) in [6.07, 6.45) is 0. The lowest BCUT2D eigenvalue weighted by atomic mass is 10.2. The van der Waals surface area contributed by atoms with Gasteiger partial charge in [0, 0.05) is 10.8 Å². The second kappa shape index (κ2) is 9.48. The summed E-state index contributed by atoms with van der Waals surface area (Å²) in [6, 6.07) is 15.5. The predicted octanol–water partition coefficient (Wildman–Crippen LogP) is 4.08. The van der Waals surface area contributed by atoms with Gasteiger partial charge in [0.25, 0.3) is 0 Å². The van der Waals surface area contributed by atoms with Crippen molar-refractivity contribution in [3.63, 3.8) is 0 Å². The summed E-state index contributed by atoms with van der Waals surface area (Å²) >= 11 is 7.42. The van der Waals surface area contributed by atoms with E-state index in [4.69, 9.17) is 16.3 Å². The molecule has 0 saturated heterocycles. The maximum Gasteiger partial charge on any atom is 0.230 e. The van der Waals surface area contributed by atoms with Gasteiger partial charge >= 0.3 is 0 Å². The maximum atomic E-state index is 11.8. The number of nitrogens with one attached hydrogen (secondary N) is 1. The van der Waals surface area contributed by atoms with Crippen molar-refractivity contribution in [3.05, 3.63) is 64.7 Å². The first-order valence-corrected chi connectivity index (χ1v) is 8.96. The van der Waals surface area contributed by atoms with Crippen LogP contribution in [0.3, 0.4) is 0 Å². The van der Waals surface area contributed by atoms with Crippen molar-refractivity contribution in [2.24, 2.45) is 0 Å². The lowest BCUT2D eigenvalue weighted by Crippen LogP contribution is -2.29. The van der Waals surface area contributed by atoms with Crippen LogP contribution in [0.5, 0.6) is 5.75 Å². The zero-order chi connectivity index (χ0) is 16.5. The van der Waals surface area contributed by atoms with Gasteiger partial charge in [-0.15, -0.1) is 11.8 Å². The fraction of sp³-hybridized carbons (Fsp3) is 0.278. The smallest absolute Gasteiger partial charge is 0.230 e. The number of carbonyl (C=O) groups excluding carboxylic acids is 1. The Morgan fingerprint density at radius 3 is 2.65 bits per heavy atom. The number of ether oxygens (including phenoxy) is 1. The number of hydrogen-bond acceptors (Lipinski definition) is 3. The van der Waals surface area contributed by atoms with Crippen molar-refractivity contribution in [2.75, 3.05) is 18.9 Å². The maximum absolute atomic E-state index is 11.8. The highest BCUT2D eigenvalue weighted by atomic mass is 35.5. The number of hydrogen-bond donors (Lipinski definition) is 1. The lowest BCUT2D eigenvalue weighted by molar-refractivity contribution is -0.118. The molecule has 0 heterocycles. The number of amides is 1. The Bertz CT molecular complexity index is 631. The molecule has 0 saturated carbocycles. The standard InChI is InChI=1S/C18H20ClNO2S/c1-14-4-2-3-5-17(14)22-11-10-20-18(21)13-23-12-15-6-8-16(19)9-7-15/h2-9H,10-13H2,1H3,(H,20,21). The van der Waals surface area contributed by atoms with Crippen LogP contribution in [0.25, 0.3) is 0 Å². The molecule has 2 aromatic carbocycles. The minimum Gasteiger partial charge on any atom is -0.491 e. The van der Waals surface area contributed by atoms with E-state index in [0.717, 1.165) is 27.7 Å². The van der Waals surface area contributed by atoms with Crippen molar-refractivity contribution >= 4 is 29.3 Å². The molecule has 122 valence electrons. The molecular weight excluding hydrogens is 330 g/mol. The van der Waals surface area contributed by atoms with Gasteiger partial charge in [0.05, 0.1) is 12.3 Å². The largest absolute Gasteiger partial charge is 0.491 e. The third-order valence-corrected chi connectivity index (χ3v) is 4.45. The minimum absolute atomic E-state index is 0.0253. The minimum atomic E-state index is 0.0253. The summed E-state index contributed by atoms with van der Waals surface area (Å²) in [5, 5.41) is 3.59. The highest BCUT2D eigenvalue weighted by Crippen LogP contribution is 2.16. The fourth-order valence-electron chi connectivity index (χ4n) is 1.96. The number of halogens is 1. The van der Waals surface area contributed by atoms with Gasteiger partial charge in [0.15, 0.2) is 0 Å². The van der Waals surface area contributed by atoms with E-state index >= 15 is 0 Å². The van der Waals surface area contributed by atoms with Crippen LogP contribution in [-0.4, -0.2) is 24.8 Å². The number of benzene rings is 2. The van der Waals surface area contributed by atoms with E-state index in [9.17, 15) is 4.79 Å². The molecule has 0 aliphatic carbocycles. The van der Waals surface area contributed by atoms with Gasteiger partial charge in [-0.05, 0) is 36.2 Å². The molecule has 2 rings (SSSR count). The first kappa shape index (κ1) is 17.7. The van der Waals surface area contributed by atoms with E-state index in [1.54, 1.807) is 11.8 Å². The highest BCUT2D eigenvalue weighted by Gasteiger charge is 2.03. The zero-order valence-electron chi connectivity index (χ0n) is 13.0. The number of thioether (sulfide) groups is 1. The second-order valence-corrected chi connectivity index (χ2v) is 6.51. The molecule has 2 aromatic rings. The van der Waals surface area contributed by atoms with E-state index in [-0.39, 0.29) is 5.91 Å². The van der Waals surface area contributed by atoms with Crippen molar-refractivity contribution in [3.8, 4) is 5.75 Å². The molecule has 3 nitrogen and oxygen atoms in total. The quantitative estimate of drug-likeness (QED) is 0.730. The van der Waals surface area contributed by atoms with Gasteiger partial charge in [0.2, 0.25) is 5.91 Å². The summed E-state index contributed by atoms with van der Waals surface area (Å²) < 4.78 is 5.64. The molecule has 0 aliphatic heterocycles. The summed E-state index contributed by atoms with van der Waals surface area (Å²) in [6.45, 7) is 2.98. The molecule has 0 fully saturated rings. The predicted molar refractivity (Wildman–Crippen MR) is 97.3 cm³/mol. The summed E-state index contributed by atoms with van der Waals surface area (Å²) in [7, 11) is 0. The Balaban J connectivity index is 1.58. The van der Waals surface area contributed by atoms with Crippen molar-refractivity contribution < 1.29 is 9.53 Å². The van der Waals surface area contributed by atoms with Crippen LogP contribution in [0.15, 0.2) is 48.5 Å². The summed E-state index contributed by atoms with van der Waals surface area (Å²) in [4.78, 5) is 11.8. The fourth-order valence-corrected chi connectivity index (χ4v) is 2.91. The van der Waals surface area contributed by atoms with E-state index in [2.05, 4.69) is 5.32 Å².